The number of hydrogen-bond donors (Lipinski definition) is 0. The maximum absolute atomic E-state index is 13.2. The molecule has 6 rings (SSSR count). The van der Waals surface area contributed by atoms with Gasteiger partial charge in [-0.1, -0.05) is 84.0 Å². The number of amidine groups is 1. The van der Waals surface area contributed by atoms with E-state index in [1.165, 1.54) is 23.1 Å². The van der Waals surface area contributed by atoms with E-state index in [-0.39, 0.29) is 5.91 Å². The molecule has 0 spiro atoms. The molecule has 0 fully saturated rings. The fourth-order valence-electron chi connectivity index (χ4n) is 3.85. The van der Waals surface area contributed by atoms with Gasteiger partial charge in [0.2, 0.25) is 0 Å². The van der Waals surface area contributed by atoms with Crippen LogP contribution in [-0.4, -0.2) is 20.5 Å². The number of fused-ring (bicyclic) bond motifs is 1. The standard InChI is InChI=1S/C27H17ClN4OS2/c28-20-13-11-18(12-14-20)15-22-25(33)32-24(17-35-26(32)29-22)30-27-31(21-9-5-2-6-10-21)23(16-34-27)19-7-3-1-4-8-19/h1-17H/b22-15-,30-27-. The molecule has 0 aliphatic carbocycles. The third-order valence-corrected chi connectivity index (χ3v) is 7.40. The Hall–Kier alpha value is -3.65. The van der Waals surface area contributed by atoms with Crippen molar-refractivity contribution in [1.29, 1.82) is 0 Å². The van der Waals surface area contributed by atoms with Crippen LogP contribution < -0.4 is 4.80 Å². The molecule has 3 aromatic carbocycles. The van der Waals surface area contributed by atoms with E-state index < -0.39 is 0 Å². The van der Waals surface area contributed by atoms with Crippen LogP contribution in [0.1, 0.15) is 5.56 Å². The Bertz CT molecular complexity index is 1580. The molecule has 0 saturated heterocycles. The van der Waals surface area contributed by atoms with Crippen LogP contribution in [0, 0.1) is 0 Å². The summed E-state index contributed by atoms with van der Waals surface area (Å²) >= 11 is 8.91. The second kappa shape index (κ2) is 9.19. The average molecular weight is 513 g/mol. The van der Waals surface area contributed by atoms with Crippen LogP contribution in [0.2, 0.25) is 5.02 Å². The largest absolute Gasteiger partial charge is 0.285 e. The van der Waals surface area contributed by atoms with Gasteiger partial charge in [0, 0.05) is 21.5 Å². The Morgan fingerprint density at radius 2 is 1.63 bits per heavy atom. The molecule has 0 saturated carbocycles. The molecule has 170 valence electrons. The minimum absolute atomic E-state index is 0.193. The number of benzene rings is 3. The second-order valence-electron chi connectivity index (χ2n) is 7.76. The SMILES string of the molecule is O=C1/C(=C/c2ccc(Cl)cc2)N=C2SC=C(/N=c3\scc(-c4ccccc4)n3-c3ccccc3)N12. The summed E-state index contributed by atoms with van der Waals surface area (Å²) in [5.41, 5.74) is 4.38. The minimum Gasteiger partial charge on any atom is -0.285 e. The predicted octanol–water partition coefficient (Wildman–Crippen LogP) is 6.54. The van der Waals surface area contributed by atoms with Gasteiger partial charge in [0.15, 0.2) is 15.8 Å². The summed E-state index contributed by atoms with van der Waals surface area (Å²) in [6, 6.07) is 27.6. The molecule has 5 nitrogen and oxygen atoms in total. The van der Waals surface area contributed by atoms with Crippen molar-refractivity contribution in [2.24, 2.45) is 9.98 Å². The summed E-state index contributed by atoms with van der Waals surface area (Å²) < 4.78 is 2.12. The van der Waals surface area contributed by atoms with Gasteiger partial charge in [-0.05, 0) is 41.5 Å². The molecule has 0 N–H and O–H groups in total. The fraction of sp³-hybridized carbons (Fsp3) is 0. The van der Waals surface area contributed by atoms with Crippen LogP contribution in [0.5, 0.6) is 0 Å². The lowest BCUT2D eigenvalue weighted by molar-refractivity contribution is -0.121. The molecule has 0 radical (unpaired) electrons. The predicted molar refractivity (Wildman–Crippen MR) is 144 cm³/mol. The molecule has 8 heteroatoms. The number of aromatic nitrogens is 1. The van der Waals surface area contributed by atoms with Gasteiger partial charge in [0.05, 0.1) is 5.69 Å². The third kappa shape index (κ3) is 4.18. The zero-order valence-corrected chi connectivity index (χ0v) is 20.6. The lowest BCUT2D eigenvalue weighted by Crippen LogP contribution is -2.27. The lowest BCUT2D eigenvalue weighted by Gasteiger charge is -2.12. The Morgan fingerprint density at radius 1 is 0.914 bits per heavy atom. The Balaban J connectivity index is 1.40. The van der Waals surface area contributed by atoms with Crippen LogP contribution in [0.25, 0.3) is 23.0 Å². The number of thioether (sulfide) groups is 1. The topological polar surface area (TPSA) is 50.0 Å². The molecule has 1 aromatic heterocycles. The highest BCUT2D eigenvalue weighted by Crippen LogP contribution is 2.35. The monoisotopic (exact) mass is 512 g/mol. The van der Waals surface area contributed by atoms with Crippen molar-refractivity contribution in [3.8, 4) is 16.9 Å². The van der Waals surface area contributed by atoms with Crippen molar-refractivity contribution in [3.05, 3.63) is 123 Å². The van der Waals surface area contributed by atoms with Crippen LogP contribution in [0.4, 0.5) is 0 Å². The third-order valence-electron chi connectivity index (χ3n) is 5.50. The highest BCUT2D eigenvalue weighted by Gasteiger charge is 2.37. The van der Waals surface area contributed by atoms with Crippen molar-refractivity contribution in [1.82, 2.24) is 9.47 Å². The van der Waals surface area contributed by atoms with E-state index in [0.29, 0.717) is 21.7 Å². The number of halogens is 1. The van der Waals surface area contributed by atoms with Crippen LogP contribution in [-0.2, 0) is 4.79 Å². The summed E-state index contributed by atoms with van der Waals surface area (Å²) in [5, 5.41) is 5.22. The Morgan fingerprint density at radius 3 is 2.37 bits per heavy atom. The van der Waals surface area contributed by atoms with Crippen molar-refractivity contribution in [2.45, 2.75) is 0 Å². The summed E-state index contributed by atoms with van der Waals surface area (Å²) in [5.74, 6) is 0.366. The number of carbonyl (C=O) groups excluding carboxylic acids is 1. The van der Waals surface area contributed by atoms with E-state index in [1.54, 1.807) is 23.1 Å². The van der Waals surface area contributed by atoms with Crippen molar-refractivity contribution < 1.29 is 4.79 Å². The Kier molecular flexibility index (Phi) is 5.74. The van der Waals surface area contributed by atoms with E-state index in [2.05, 4.69) is 39.2 Å². The summed E-state index contributed by atoms with van der Waals surface area (Å²) in [6.45, 7) is 0. The van der Waals surface area contributed by atoms with E-state index in [9.17, 15) is 4.79 Å². The molecule has 35 heavy (non-hydrogen) atoms. The van der Waals surface area contributed by atoms with Gasteiger partial charge in [-0.15, -0.1) is 11.3 Å². The van der Waals surface area contributed by atoms with E-state index in [1.807, 2.05) is 53.9 Å². The van der Waals surface area contributed by atoms with Crippen LogP contribution in [0.3, 0.4) is 0 Å². The normalized spacial score (nSPS) is 16.6. The average Bonchev–Trinajstić information content (AvgIpc) is 3.58. The molecular formula is C27H17ClN4OS2. The molecule has 0 unspecified atom stereocenters. The second-order valence-corrected chi connectivity index (χ2v) is 9.87. The van der Waals surface area contributed by atoms with Gasteiger partial charge in [0.1, 0.15) is 5.70 Å². The fourth-order valence-corrected chi connectivity index (χ4v) is 5.69. The van der Waals surface area contributed by atoms with Gasteiger partial charge in [-0.2, -0.15) is 0 Å². The number of carbonyl (C=O) groups is 1. The van der Waals surface area contributed by atoms with Gasteiger partial charge >= 0.3 is 0 Å². The molecule has 0 atom stereocenters. The van der Waals surface area contributed by atoms with Crippen LogP contribution in [0.15, 0.2) is 117 Å². The first-order valence-corrected chi connectivity index (χ1v) is 12.9. The number of rotatable bonds is 4. The minimum atomic E-state index is -0.193. The zero-order chi connectivity index (χ0) is 23.8. The number of amides is 1. The van der Waals surface area contributed by atoms with E-state index in [4.69, 9.17) is 16.6 Å². The Labute approximate surface area is 215 Å². The van der Waals surface area contributed by atoms with Crippen molar-refractivity contribution >= 4 is 51.9 Å². The highest BCUT2D eigenvalue weighted by molar-refractivity contribution is 8.16. The lowest BCUT2D eigenvalue weighted by atomic mass is 10.1. The van der Waals surface area contributed by atoms with E-state index in [0.717, 1.165) is 27.3 Å². The smallest absolute Gasteiger partial charge is 0.284 e. The number of aliphatic imine (C=N–C) groups is 1. The summed E-state index contributed by atoms with van der Waals surface area (Å²) in [6.07, 6.45) is 1.77. The number of para-hydroxylation sites is 1. The van der Waals surface area contributed by atoms with E-state index >= 15 is 0 Å². The molecule has 4 aromatic rings. The van der Waals surface area contributed by atoms with Gasteiger partial charge < -0.3 is 0 Å². The molecule has 2 aliphatic heterocycles. The zero-order valence-electron chi connectivity index (χ0n) is 18.2. The number of nitrogens with zero attached hydrogens (tertiary/aromatic N) is 4. The highest BCUT2D eigenvalue weighted by atomic mass is 35.5. The van der Waals surface area contributed by atoms with Crippen molar-refractivity contribution in [2.75, 3.05) is 0 Å². The first-order valence-electron chi connectivity index (χ1n) is 10.8. The van der Waals surface area contributed by atoms with Gasteiger partial charge in [-0.3, -0.25) is 9.36 Å². The quantitative estimate of drug-likeness (QED) is 0.291. The molecule has 0 bridgehead atoms. The van der Waals surface area contributed by atoms with Gasteiger partial charge in [-0.25, -0.2) is 14.9 Å². The number of hydrogen-bond acceptors (Lipinski definition) is 5. The maximum atomic E-state index is 13.2. The molecule has 2 aliphatic rings. The molecular weight excluding hydrogens is 496 g/mol. The summed E-state index contributed by atoms with van der Waals surface area (Å²) in [7, 11) is 0. The first kappa shape index (κ1) is 21.9. The maximum Gasteiger partial charge on any atom is 0.284 e. The van der Waals surface area contributed by atoms with Gasteiger partial charge in [0.25, 0.3) is 5.91 Å². The first-order chi connectivity index (χ1) is 17.2. The molecule has 1 amide bonds. The number of thiazole rings is 1. The molecule has 3 heterocycles. The van der Waals surface area contributed by atoms with Crippen LogP contribution >= 0.6 is 34.7 Å². The summed E-state index contributed by atoms with van der Waals surface area (Å²) in [4.78, 5) is 25.1. The van der Waals surface area contributed by atoms with Crippen molar-refractivity contribution in [3.63, 3.8) is 0 Å².